The summed E-state index contributed by atoms with van der Waals surface area (Å²) in [5.41, 5.74) is 4.49. The van der Waals surface area contributed by atoms with Gasteiger partial charge in [0.15, 0.2) is 5.78 Å². The van der Waals surface area contributed by atoms with E-state index >= 15 is 4.39 Å². The molecule has 0 unspecified atom stereocenters. The van der Waals surface area contributed by atoms with Crippen LogP contribution in [0, 0.1) is 36.4 Å². The van der Waals surface area contributed by atoms with Gasteiger partial charge in [-0.3, -0.25) is 38.6 Å². The van der Waals surface area contributed by atoms with Crippen LogP contribution in [-0.2, 0) is 83.6 Å². The van der Waals surface area contributed by atoms with E-state index in [1.165, 1.54) is 23.1 Å². The lowest BCUT2D eigenvalue weighted by molar-refractivity contribution is -0.141. The number of carbonyl (C=O) groups excluding carboxylic acids is 8. The van der Waals surface area contributed by atoms with Crippen molar-refractivity contribution in [2.75, 3.05) is 45.0 Å². The number of imide groups is 1. The number of carbonyl (C=O) groups is 8. The smallest absolute Gasteiger partial charge is 0.411 e. The molecule has 4 atom stereocenters. The first kappa shape index (κ1) is 60.2. The minimum atomic E-state index is -3.56. The van der Waals surface area contributed by atoms with Crippen LogP contribution in [0.3, 0.4) is 0 Å². The molecule has 4 aliphatic heterocycles. The number of ether oxygens (including phenoxy) is 3. The molecule has 0 spiro atoms. The molecule has 6 aliphatic rings. The molecule has 2 aromatic carbocycles. The molecule has 22 heteroatoms. The summed E-state index contributed by atoms with van der Waals surface area (Å²) in [5.74, 6) is -4.33. The van der Waals surface area contributed by atoms with Gasteiger partial charge in [0.05, 0.1) is 46.9 Å². The van der Waals surface area contributed by atoms with Gasteiger partial charge < -0.3 is 34.9 Å². The number of aromatic nitrogens is 1. The number of hydrogen-bond donors (Lipinski definition) is 3. The third-order valence-corrected chi connectivity index (χ3v) is 18.1. The van der Waals surface area contributed by atoms with Gasteiger partial charge in [0.2, 0.25) is 11.8 Å². The standard InChI is InChI=1S/C61H71FN6O14S/c1-8-61(77)36(6)82-59(75)43-28-67-29-44-56-47(18-17-41-34(4)46(62)26-48(55(41)56)65-57(44)49(67)25-45(43)61)64-52(71)31-80-32-66(21-22-83(7,78)79)60(76)81-30-39-11-9-37(10-12-39)23-50(69)35(5)63-58(74)42(33(2)3)24-51(70)40-15-13-38(14-16-40)27-68-53(72)19-20-54(68)73/h9-12,19-20,25-26,33,35,38,40,42,47,77H,6,8,13-18,21-24,27-32H2,1-5,7H3,(H,63,74)(H,64,71)/t35-,38?,40?,42-,47-,61+/m0/s1. The number of pyridine rings is 1. The van der Waals surface area contributed by atoms with Gasteiger partial charge in [-0.25, -0.2) is 27.4 Å². The molecular formula is C61H71FN6O14S. The van der Waals surface area contributed by atoms with Crippen molar-refractivity contribution >= 4 is 73.7 Å². The molecule has 1 saturated carbocycles. The lowest BCUT2D eigenvalue weighted by atomic mass is 9.77. The number of amides is 5. The first-order chi connectivity index (χ1) is 39.3. The second kappa shape index (κ2) is 24.4. The normalized spacial score (nSPS) is 21.7. The first-order valence-electron chi connectivity index (χ1n) is 28.3. The molecule has 0 bridgehead atoms. The highest BCUT2D eigenvalue weighted by atomic mass is 32.2. The largest absolute Gasteiger partial charge is 0.444 e. The van der Waals surface area contributed by atoms with Crippen LogP contribution in [0.4, 0.5) is 9.18 Å². The lowest BCUT2D eigenvalue weighted by Crippen LogP contribution is -2.44. The number of aryl methyl sites for hydroxylation is 1. The Morgan fingerprint density at radius 1 is 0.988 bits per heavy atom. The minimum absolute atomic E-state index is 0.0159. The Hall–Kier alpha value is -7.43. The van der Waals surface area contributed by atoms with Crippen molar-refractivity contribution in [3.63, 3.8) is 0 Å². The number of cyclic esters (lactones) is 1. The summed E-state index contributed by atoms with van der Waals surface area (Å²) in [6, 6.07) is 6.62. The van der Waals surface area contributed by atoms with E-state index in [0.29, 0.717) is 96.2 Å². The van der Waals surface area contributed by atoms with Crippen LogP contribution in [0.1, 0.15) is 118 Å². The number of nitrogens with one attached hydrogen (secondary N) is 2. The van der Waals surface area contributed by atoms with Crippen molar-refractivity contribution in [1.29, 1.82) is 0 Å². The van der Waals surface area contributed by atoms with Gasteiger partial charge in [0.25, 0.3) is 11.8 Å². The third-order valence-electron chi connectivity index (χ3n) is 17.2. The van der Waals surface area contributed by atoms with Gasteiger partial charge >= 0.3 is 12.1 Å². The van der Waals surface area contributed by atoms with Gasteiger partial charge in [-0.15, -0.1) is 0 Å². The minimum Gasteiger partial charge on any atom is -0.444 e. The van der Waals surface area contributed by atoms with E-state index < -0.39 is 76.3 Å². The Kier molecular flexibility index (Phi) is 17.7. The predicted octanol–water partition coefficient (Wildman–Crippen LogP) is 5.70. The molecule has 2 aliphatic carbocycles. The molecule has 442 valence electrons. The van der Waals surface area contributed by atoms with Crippen LogP contribution in [0.25, 0.3) is 16.6 Å². The Bertz CT molecular complexity index is 3400. The zero-order valence-electron chi connectivity index (χ0n) is 47.6. The van der Waals surface area contributed by atoms with Crippen molar-refractivity contribution in [2.45, 2.75) is 123 Å². The average Bonchev–Trinajstić information content (AvgIpc) is 2.91. The van der Waals surface area contributed by atoms with Crippen LogP contribution < -0.4 is 10.6 Å². The number of nitrogens with zero attached hydrogens (tertiary/aromatic N) is 4. The maximum Gasteiger partial charge on any atom is 0.411 e. The van der Waals surface area contributed by atoms with Crippen LogP contribution in [0.5, 0.6) is 0 Å². The number of ketones is 2. The van der Waals surface area contributed by atoms with Crippen molar-refractivity contribution in [3.05, 3.63) is 117 Å². The van der Waals surface area contributed by atoms with Gasteiger partial charge in [0.1, 0.15) is 52.7 Å². The monoisotopic (exact) mass is 1160 g/mol. The third kappa shape index (κ3) is 12.9. The molecule has 83 heavy (non-hydrogen) atoms. The Labute approximate surface area is 481 Å². The Balaban J connectivity index is 0.773. The zero-order valence-corrected chi connectivity index (χ0v) is 48.5. The highest BCUT2D eigenvalue weighted by molar-refractivity contribution is 7.90. The summed E-state index contributed by atoms with van der Waals surface area (Å²) in [6.07, 6.45) is 7.98. The highest BCUT2D eigenvalue weighted by Gasteiger charge is 2.48. The van der Waals surface area contributed by atoms with Crippen molar-refractivity contribution < 1.29 is 70.5 Å². The number of rotatable bonds is 22. The van der Waals surface area contributed by atoms with E-state index in [2.05, 4.69) is 17.2 Å². The fraction of sp³-hybridized carbons (Fsp3) is 0.492. The topological polar surface area (TPSA) is 265 Å². The van der Waals surface area contributed by atoms with Crippen molar-refractivity contribution in [3.8, 4) is 0 Å². The zero-order chi connectivity index (χ0) is 59.8. The van der Waals surface area contributed by atoms with E-state index in [0.717, 1.165) is 27.8 Å². The number of benzene rings is 2. The molecular weight excluding hydrogens is 1090 g/mol. The molecule has 5 heterocycles. The van der Waals surface area contributed by atoms with Crippen molar-refractivity contribution in [2.24, 2.45) is 23.7 Å². The van der Waals surface area contributed by atoms with Crippen molar-refractivity contribution in [1.82, 2.24) is 30.3 Å². The summed E-state index contributed by atoms with van der Waals surface area (Å²) in [5, 5.41) is 18.3. The van der Waals surface area contributed by atoms with E-state index in [1.54, 1.807) is 51.1 Å². The van der Waals surface area contributed by atoms with Gasteiger partial charge in [0, 0.05) is 85.3 Å². The molecule has 9 rings (SSSR count). The van der Waals surface area contributed by atoms with E-state index in [9.17, 15) is 51.9 Å². The maximum absolute atomic E-state index is 15.5. The van der Waals surface area contributed by atoms with E-state index in [4.69, 9.17) is 19.2 Å². The number of esters is 1. The molecule has 3 N–H and O–H groups in total. The second-order valence-electron chi connectivity index (χ2n) is 23.1. The molecule has 5 amide bonds. The Morgan fingerprint density at radius 3 is 2.34 bits per heavy atom. The molecule has 0 saturated heterocycles. The molecule has 0 radical (unpaired) electrons. The number of fused-ring (bicyclic) bond motifs is 4. The number of aliphatic hydroxyl groups is 1. The summed E-state index contributed by atoms with van der Waals surface area (Å²) in [7, 11) is -3.56. The van der Waals surface area contributed by atoms with Crippen LogP contribution in [0.2, 0.25) is 0 Å². The highest BCUT2D eigenvalue weighted by Crippen LogP contribution is 2.49. The predicted molar refractivity (Wildman–Crippen MR) is 301 cm³/mol. The van der Waals surface area contributed by atoms with Crippen LogP contribution in [0.15, 0.2) is 72.0 Å². The Morgan fingerprint density at radius 2 is 1.67 bits per heavy atom. The molecule has 1 fully saturated rings. The quantitative estimate of drug-likeness (QED) is 0.0619. The number of hydrogen-bond acceptors (Lipinski definition) is 16. The number of sulfone groups is 1. The SMILES string of the molecule is C=C1OC(=O)C2=C(C=C3c4nc5cc(F)c(C)c6c5c(c4CN3C2)[C@@H](NC(=O)COCN(CCS(C)(=O)=O)C(=O)OCc2ccc(CC(=O)[C@H](C)NC(=O)[C@@H](CC(=O)C3CCC(CN4C(=O)C=CC4=O)CC3)C(C)C)cc2)CC6)[C@@]1(O)CC. The van der Waals surface area contributed by atoms with Crippen LogP contribution in [-0.4, -0.2) is 137 Å². The summed E-state index contributed by atoms with van der Waals surface area (Å²) in [6.45, 7) is 11.7. The summed E-state index contributed by atoms with van der Waals surface area (Å²) in [4.78, 5) is 114. The van der Waals surface area contributed by atoms with Crippen LogP contribution >= 0.6 is 0 Å². The average molecular weight is 1160 g/mol. The maximum atomic E-state index is 15.5. The first-order valence-corrected chi connectivity index (χ1v) is 30.3. The van der Waals surface area contributed by atoms with Gasteiger partial charge in [-0.1, -0.05) is 51.6 Å². The fourth-order valence-electron chi connectivity index (χ4n) is 12.1. The van der Waals surface area contributed by atoms with Gasteiger partial charge in [-0.05, 0) is 105 Å². The molecule has 20 nitrogen and oxygen atoms in total. The number of Topliss-reactive ketones (excluding diaryl/α,β-unsaturated/α-hetero) is 2. The van der Waals surface area contributed by atoms with E-state index in [1.807, 2.05) is 18.7 Å². The van der Waals surface area contributed by atoms with Gasteiger partial charge in [-0.2, -0.15) is 0 Å². The second-order valence-corrected chi connectivity index (χ2v) is 25.4. The summed E-state index contributed by atoms with van der Waals surface area (Å²) < 4.78 is 56.7. The molecule has 3 aromatic rings. The van der Waals surface area contributed by atoms with E-state index in [-0.39, 0.29) is 97.3 Å². The summed E-state index contributed by atoms with van der Waals surface area (Å²) >= 11 is 0. The fourth-order valence-corrected chi connectivity index (χ4v) is 12.7. The molecule has 1 aromatic heterocycles. The lowest BCUT2D eigenvalue weighted by Gasteiger charge is -2.39. The number of halogens is 1.